The van der Waals surface area contributed by atoms with Crippen molar-refractivity contribution in [1.82, 2.24) is 4.57 Å². The van der Waals surface area contributed by atoms with Crippen molar-refractivity contribution >= 4 is 40.4 Å². The van der Waals surface area contributed by atoms with Gasteiger partial charge in [-0.05, 0) is 118 Å². The Hall–Kier alpha value is -9.20. The third-order valence-electron chi connectivity index (χ3n) is 14.6. The highest BCUT2D eigenvalue weighted by Gasteiger charge is 2.50. The first-order chi connectivity index (χ1) is 36.7. The highest BCUT2D eigenvalue weighted by molar-refractivity contribution is 6.06. The summed E-state index contributed by atoms with van der Waals surface area (Å²) < 4.78 is 14.3. The van der Waals surface area contributed by atoms with E-state index in [1.54, 1.807) is 17.6 Å². The maximum Gasteiger partial charge on any atom is 0.248 e. The van der Waals surface area contributed by atoms with Crippen LogP contribution in [0.4, 0.5) is 0 Å². The Morgan fingerprint density at radius 2 is 1.00 bits per heavy atom. The number of rotatable bonds is 10. The lowest BCUT2D eigenvalue weighted by Crippen LogP contribution is -2.28. The number of aromatic hydroxyl groups is 4. The topological polar surface area (TPSA) is 112 Å². The zero-order chi connectivity index (χ0) is 52.5. The first-order valence-electron chi connectivity index (χ1n) is 25.6. The van der Waals surface area contributed by atoms with Crippen LogP contribution in [0.3, 0.4) is 0 Å². The summed E-state index contributed by atoms with van der Waals surface area (Å²) in [6.45, 7) is 15.9. The largest absolute Gasteiger partial charge is 0.505 e. The Kier molecular flexibility index (Phi) is 13.4. The number of phenolic OH excluding ortho intramolecular Hbond substituents is 4. The molecule has 0 atom stereocenters. The molecule has 1 heterocycles. The van der Waals surface area contributed by atoms with Crippen LogP contribution < -0.4 is 0 Å². The second-order valence-electron chi connectivity index (χ2n) is 18.4. The molecule has 0 unspecified atom stereocenters. The highest BCUT2D eigenvalue weighted by Crippen LogP contribution is 2.63. The normalized spacial score (nSPS) is 12.5. The van der Waals surface area contributed by atoms with Gasteiger partial charge in [-0.3, -0.25) is 13.7 Å². The molecule has 10 aromatic rings. The molecule has 0 amide bonds. The SMILES string of the molecule is C=Cc1cc(-c2c(C)c(O)c3c(ooc4c(O)c5c(c(O)c4n3-c3ccc(-c4ccc(-c6ccccc6)cc4)cc3)C(c3ccccc3)(c3ccccc3)c3ccccc3-5)c2O)c(CC)c(/C=C\C)c1/C=C\C.CC. The van der Waals surface area contributed by atoms with Crippen LogP contribution in [0.25, 0.3) is 90.6 Å². The first kappa shape index (κ1) is 49.4. The quantitative estimate of drug-likeness (QED) is 0.0802. The fraction of sp³-hybridized carbons (Fsp3) is 0.118. The van der Waals surface area contributed by atoms with Gasteiger partial charge in [0.25, 0.3) is 0 Å². The van der Waals surface area contributed by atoms with Crippen molar-refractivity contribution < 1.29 is 29.6 Å². The summed E-state index contributed by atoms with van der Waals surface area (Å²) in [4.78, 5) is 0. The molecule has 0 saturated heterocycles. The van der Waals surface area contributed by atoms with Gasteiger partial charge >= 0.3 is 0 Å². The molecular weight excluding hydrogens is 927 g/mol. The molecule has 7 heteroatoms. The zero-order valence-electron chi connectivity index (χ0n) is 43.0. The van der Waals surface area contributed by atoms with E-state index in [1.807, 2.05) is 185 Å². The minimum Gasteiger partial charge on any atom is -0.505 e. The van der Waals surface area contributed by atoms with Crippen LogP contribution in [0.15, 0.2) is 198 Å². The van der Waals surface area contributed by atoms with E-state index in [2.05, 4.69) is 49.9 Å². The maximum absolute atomic E-state index is 13.6. The fourth-order valence-corrected chi connectivity index (χ4v) is 11.3. The number of phenols is 4. The number of hydrogen-bond donors (Lipinski definition) is 4. The maximum atomic E-state index is 13.6. The predicted molar refractivity (Wildman–Crippen MR) is 308 cm³/mol. The third-order valence-corrected chi connectivity index (χ3v) is 14.6. The lowest BCUT2D eigenvalue weighted by atomic mass is 9.67. The summed E-state index contributed by atoms with van der Waals surface area (Å²) in [5, 5.41) is 52.6. The van der Waals surface area contributed by atoms with E-state index in [1.165, 1.54) is 0 Å². The van der Waals surface area contributed by atoms with Crippen molar-refractivity contribution in [2.24, 2.45) is 0 Å². The van der Waals surface area contributed by atoms with E-state index < -0.39 is 5.41 Å². The van der Waals surface area contributed by atoms with E-state index >= 15 is 0 Å². The fourth-order valence-electron chi connectivity index (χ4n) is 11.3. The van der Waals surface area contributed by atoms with Crippen LogP contribution >= 0.6 is 0 Å². The molecule has 1 aliphatic rings. The Morgan fingerprint density at radius 3 is 1.53 bits per heavy atom. The zero-order valence-corrected chi connectivity index (χ0v) is 43.0. The summed E-state index contributed by atoms with van der Waals surface area (Å²) >= 11 is 0. The molecular formula is C68H59NO6. The predicted octanol–water partition coefficient (Wildman–Crippen LogP) is 17.9. The molecule has 1 aromatic heterocycles. The van der Waals surface area contributed by atoms with Gasteiger partial charge in [0.05, 0.1) is 5.41 Å². The van der Waals surface area contributed by atoms with Crippen molar-refractivity contribution in [2.75, 3.05) is 0 Å². The van der Waals surface area contributed by atoms with Gasteiger partial charge in [0, 0.05) is 27.9 Å². The molecule has 0 aliphatic heterocycles. The molecule has 0 saturated carbocycles. The van der Waals surface area contributed by atoms with Gasteiger partial charge in [-0.1, -0.05) is 209 Å². The Labute approximate surface area is 437 Å². The van der Waals surface area contributed by atoms with E-state index in [0.717, 1.165) is 61.2 Å². The minimum atomic E-state index is -1.16. The molecule has 11 rings (SSSR count). The van der Waals surface area contributed by atoms with Crippen LogP contribution in [0, 0.1) is 6.92 Å². The monoisotopic (exact) mass is 985 g/mol. The second-order valence-corrected chi connectivity index (χ2v) is 18.4. The molecule has 75 heavy (non-hydrogen) atoms. The Morgan fingerprint density at radius 1 is 0.533 bits per heavy atom. The average molecular weight is 986 g/mol. The van der Waals surface area contributed by atoms with Crippen molar-refractivity contribution in [3.05, 3.63) is 239 Å². The van der Waals surface area contributed by atoms with Gasteiger partial charge in [-0.15, -0.1) is 0 Å². The molecule has 0 fully saturated rings. The standard InChI is InChI=1S/C66H53NO6.C2H6/c1-6-21-50-41(8-3)39-53(49(9-4)51(50)22-7-2)55-40(5)60(68)58-64(61(55)69)72-73-65-59(67(58)48-37-35-45(36-38-48)44-33-31-43(32-34-44)42-23-13-10-14-24-42)63(71)57-56(62(65)70)52-29-19-20-30-54(52)66(57,46-25-15-11-16-26-46)47-27-17-12-18-28-47;1-2/h6-8,10-39,68-71H,3,9H2,1-2,4-5H3;1-2H3/b21-6-,22-7-;. The number of fused-ring (bicyclic) bond motifs is 5. The van der Waals surface area contributed by atoms with Gasteiger partial charge in [0.2, 0.25) is 11.2 Å². The number of aromatic nitrogens is 1. The van der Waals surface area contributed by atoms with Crippen LogP contribution in [-0.2, 0) is 11.8 Å². The molecule has 0 bridgehead atoms. The molecule has 9 aromatic carbocycles. The van der Waals surface area contributed by atoms with Crippen LogP contribution in [0.1, 0.15) is 84.7 Å². The number of nitrogens with zero attached hydrogens (tertiary/aromatic N) is 1. The number of allylic oxidation sites excluding steroid dienone is 2. The molecule has 372 valence electrons. The van der Waals surface area contributed by atoms with Crippen molar-refractivity contribution in [3.8, 4) is 73.2 Å². The lowest BCUT2D eigenvalue weighted by molar-refractivity contribution is 0.0877. The van der Waals surface area contributed by atoms with E-state index in [0.29, 0.717) is 45.5 Å². The molecule has 1 aliphatic carbocycles. The van der Waals surface area contributed by atoms with Gasteiger partial charge in [-0.25, -0.2) is 0 Å². The molecule has 0 spiro atoms. The van der Waals surface area contributed by atoms with E-state index in [9.17, 15) is 20.4 Å². The van der Waals surface area contributed by atoms with Crippen LogP contribution in [-0.4, -0.2) is 25.0 Å². The summed E-state index contributed by atoms with van der Waals surface area (Å²) in [5.41, 5.74) is 12.0. The molecule has 7 nitrogen and oxygen atoms in total. The van der Waals surface area contributed by atoms with Crippen molar-refractivity contribution in [1.29, 1.82) is 0 Å². The Balaban J connectivity index is 0.00000317. The molecule has 4 N–H and O–H groups in total. The van der Waals surface area contributed by atoms with Gasteiger partial charge < -0.3 is 20.4 Å². The van der Waals surface area contributed by atoms with Crippen molar-refractivity contribution in [3.63, 3.8) is 0 Å². The minimum absolute atomic E-state index is 0.00452. The summed E-state index contributed by atoms with van der Waals surface area (Å²) in [6, 6.07) is 56.0. The first-order valence-corrected chi connectivity index (χ1v) is 25.6. The van der Waals surface area contributed by atoms with Crippen LogP contribution in [0.2, 0.25) is 0 Å². The summed E-state index contributed by atoms with van der Waals surface area (Å²) in [7, 11) is 0. The Bertz CT molecular complexity index is 3850. The average Bonchev–Trinajstić information content (AvgIpc) is 3.66. The van der Waals surface area contributed by atoms with E-state index in [4.69, 9.17) is 9.15 Å². The van der Waals surface area contributed by atoms with Crippen LogP contribution in [0.5, 0.6) is 23.0 Å². The van der Waals surface area contributed by atoms with Gasteiger partial charge in [0.15, 0.2) is 11.5 Å². The smallest absolute Gasteiger partial charge is 0.248 e. The van der Waals surface area contributed by atoms with Crippen molar-refractivity contribution in [2.45, 2.75) is 53.4 Å². The number of hydrogen-bond acceptors (Lipinski definition) is 6. The second kappa shape index (κ2) is 20.4. The number of benzene rings is 9. The van der Waals surface area contributed by atoms with E-state index in [-0.39, 0.29) is 45.2 Å². The summed E-state index contributed by atoms with van der Waals surface area (Å²) in [6.07, 6.45) is 10.4. The van der Waals surface area contributed by atoms with Gasteiger partial charge in [0.1, 0.15) is 22.5 Å². The highest BCUT2D eigenvalue weighted by atomic mass is 17.0. The lowest BCUT2D eigenvalue weighted by Gasteiger charge is -2.34. The van der Waals surface area contributed by atoms with Gasteiger partial charge in [-0.2, -0.15) is 0 Å². The molecule has 0 radical (unpaired) electrons. The summed E-state index contributed by atoms with van der Waals surface area (Å²) in [5.74, 6) is -1.09. The third kappa shape index (κ3) is 7.82.